The van der Waals surface area contributed by atoms with Crippen LogP contribution in [0.4, 0.5) is 4.79 Å². The summed E-state index contributed by atoms with van der Waals surface area (Å²) >= 11 is 0. The fourth-order valence-corrected chi connectivity index (χ4v) is 1.50. The van der Waals surface area contributed by atoms with Crippen molar-refractivity contribution in [3.8, 4) is 0 Å². The van der Waals surface area contributed by atoms with Crippen molar-refractivity contribution in [2.45, 2.75) is 25.3 Å². The maximum Gasteiger partial charge on any atom is 0.326 e. The van der Waals surface area contributed by atoms with Gasteiger partial charge in [-0.2, -0.15) is 0 Å². The summed E-state index contributed by atoms with van der Waals surface area (Å²) in [4.78, 5) is 24.5. The second-order valence-corrected chi connectivity index (χ2v) is 4.58. The van der Waals surface area contributed by atoms with E-state index in [0.29, 0.717) is 26.0 Å². The standard InChI is InChI=1S/C12H25N3O4/c1-15(2)8-5-7-13-12(18)14-10(11(16)17)6-4-9-19-3/h10H,4-9H2,1-3H3,(H,16,17)(H2,13,14,18). The number of rotatable bonds is 10. The Labute approximate surface area is 114 Å². The Morgan fingerprint density at radius 3 is 2.53 bits per heavy atom. The summed E-state index contributed by atoms with van der Waals surface area (Å²) in [7, 11) is 5.47. The molecule has 0 radical (unpaired) electrons. The van der Waals surface area contributed by atoms with E-state index >= 15 is 0 Å². The van der Waals surface area contributed by atoms with Gasteiger partial charge >= 0.3 is 12.0 Å². The predicted octanol–water partition coefficient (Wildman–Crippen LogP) is 0.117. The molecule has 7 heteroatoms. The highest BCUT2D eigenvalue weighted by molar-refractivity contribution is 5.82. The summed E-state index contributed by atoms with van der Waals surface area (Å²) in [5.41, 5.74) is 0. The highest BCUT2D eigenvalue weighted by atomic mass is 16.5. The third kappa shape index (κ3) is 10.3. The highest BCUT2D eigenvalue weighted by Crippen LogP contribution is 1.98. The Morgan fingerprint density at radius 1 is 1.32 bits per heavy atom. The Bertz CT molecular complexity index is 272. The fraction of sp³-hybridized carbons (Fsp3) is 0.833. The minimum absolute atomic E-state index is 0.355. The van der Waals surface area contributed by atoms with Crippen molar-refractivity contribution < 1.29 is 19.4 Å². The van der Waals surface area contributed by atoms with Gasteiger partial charge in [0.25, 0.3) is 0 Å². The lowest BCUT2D eigenvalue weighted by molar-refractivity contribution is -0.139. The van der Waals surface area contributed by atoms with Gasteiger partial charge in [-0.3, -0.25) is 0 Å². The van der Waals surface area contributed by atoms with Crippen molar-refractivity contribution >= 4 is 12.0 Å². The van der Waals surface area contributed by atoms with Crippen molar-refractivity contribution in [1.82, 2.24) is 15.5 Å². The van der Waals surface area contributed by atoms with E-state index in [1.165, 1.54) is 0 Å². The smallest absolute Gasteiger partial charge is 0.326 e. The minimum atomic E-state index is -1.03. The normalized spacial score (nSPS) is 12.2. The molecule has 0 fully saturated rings. The zero-order valence-electron chi connectivity index (χ0n) is 11.9. The number of ether oxygens (including phenoxy) is 1. The number of carboxylic acid groups (broad SMARTS) is 1. The van der Waals surface area contributed by atoms with Crippen LogP contribution in [0.5, 0.6) is 0 Å². The zero-order valence-corrected chi connectivity index (χ0v) is 11.9. The van der Waals surface area contributed by atoms with Gasteiger partial charge in [0.05, 0.1) is 0 Å². The van der Waals surface area contributed by atoms with Gasteiger partial charge in [-0.1, -0.05) is 0 Å². The topological polar surface area (TPSA) is 90.9 Å². The fourth-order valence-electron chi connectivity index (χ4n) is 1.50. The average Bonchev–Trinajstić information content (AvgIpc) is 2.33. The van der Waals surface area contributed by atoms with Crippen molar-refractivity contribution in [3.63, 3.8) is 0 Å². The SMILES string of the molecule is COCCCC(NC(=O)NCCCN(C)C)C(=O)O. The first kappa shape index (κ1) is 17.7. The maximum absolute atomic E-state index is 11.5. The second kappa shape index (κ2) is 10.6. The molecule has 0 bridgehead atoms. The molecular weight excluding hydrogens is 250 g/mol. The Balaban J connectivity index is 3.86. The van der Waals surface area contributed by atoms with Gasteiger partial charge in [-0.25, -0.2) is 9.59 Å². The number of hydrogen-bond acceptors (Lipinski definition) is 4. The number of methoxy groups -OCH3 is 1. The molecule has 112 valence electrons. The van der Waals surface area contributed by atoms with Crippen LogP contribution in [0.3, 0.4) is 0 Å². The number of amides is 2. The lowest BCUT2D eigenvalue weighted by Gasteiger charge is -2.15. The van der Waals surface area contributed by atoms with Gasteiger partial charge < -0.3 is 25.4 Å². The Kier molecular flexibility index (Phi) is 9.82. The lowest BCUT2D eigenvalue weighted by atomic mass is 10.1. The summed E-state index contributed by atoms with van der Waals surface area (Å²) in [5.74, 6) is -1.03. The van der Waals surface area contributed by atoms with Gasteiger partial charge in [-0.05, 0) is 39.9 Å². The molecule has 0 aliphatic heterocycles. The number of carbonyl (C=O) groups is 2. The van der Waals surface area contributed by atoms with E-state index in [2.05, 4.69) is 10.6 Å². The van der Waals surface area contributed by atoms with E-state index in [4.69, 9.17) is 9.84 Å². The van der Waals surface area contributed by atoms with E-state index in [-0.39, 0.29) is 0 Å². The molecule has 0 saturated heterocycles. The molecule has 0 heterocycles. The molecule has 19 heavy (non-hydrogen) atoms. The van der Waals surface area contributed by atoms with Crippen LogP contribution in [0.15, 0.2) is 0 Å². The second-order valence-electron chi connectivity index (χ2n) is 4.58. The molecule has 1 unspecified atom stereocenters. The number of nitrogens with one attached hydrogen (secondary N) is 2. The van der Waals surface area contributed by atoms with Gasteiger partial charge in [0, 0.05) is 20.3 Å². The molecule has 0 rings (SSSR count). The first-order valence-corrected chi connectivity index (χ1v) is 6.38. The average molecular weight is 275 g/mol. The van der Waals surface area contributed by atoms with Gasteiger partial charge in [-0.15, -0.1) is 0 Å². The van der Waals surface area contributed by atoms with E-state index in [1.807, 2.05) is 19.0 Å². The van der Waals surface area contributed by atoms with Crippen LogP contribution in [-0.4, -0.2) is 69.0 Å². The lowest BCUT2D eigenvalue weighted by Crippen LogP contribution is -2.46. The molecule has 0 saturated carbocycles. The molecule has 0 spiro atoms. The Morgan fingerprint density at radius 2 is 2.00 bits per heavy atom. The minimum Gasteiger partial charge on any atom is -0.480 e. The highest BCUT2D eigenvalue weighted by Gasteiger charge is 2.18. The molecule has 7 nitrogen and oxygen atoms in total. The van der Waals surface area contributed by atoms with Crippen LogP contribution in [0.1, 0.15) is 19.3 Å². The monoisotopic (exact) mass is 275 g/mol. The summed E-state index contributed by atoms with van der Waals surface area (Å²) in [5, 5.41) is 14.1. The van der Waals surface area contributed by atoms with Crippen LogP contribution in [-0.2, 0) is 9.53 Å². The van der Waals surface area contributed by atoms with Crippen LogP contribution in [0, 0.1) is 0 Å². The molecule has 0 aromatic heterocycles. The van der Waals surface area contributed by atoms with Gasteiger partial charge in [0.2, 0.25) is 0 Å². The quantitative estimate of drug-likeness (QED) is 0.493. The van der Waals surface area contributed by atoms with Crippen LogP contribution in [0.2, 0.25) is 0 Å². The zero-order chi connectivity index (χ0) is 14.7. The number of carbonyl (C=O) groups excluding carboxylic acids is 1. The van der Waals surface area contributed by atoms with E-state index in [0.717, 1.165) is 13.0 Å². The van der Waals surface area contributed by atoms with Crippen molar-refractivity contribution in [1.29, 1.82) is 0 Å². The maximum atomic E-state index is 11.5. The van der Waals surface area contributed by atoms with Crippen molar-refractivity contribution in [3.05, 3.63) is 0 Å². The molecule has 0 aliphatic carbocycles. The summed E-state index contributed by atoms with van der Waals surface area (Å²) in [6.45, 7) is 1.88. The molecule has 3 N–H and O–H groups in total. The number of aliphatic carboxylic acids is 1. The number of carboxylic acids is 1. The molecule has 2 amide bonds. The molecular formula is C12H25N3O4. The van der Waals surface area contributed by atoms with Crippen molar-refractivity contribution in [2.24, 2.45) is 0 Å². The van der Waals surface area contributed by atoms with Crippen LogP contribution >= 0.6 is 0 Å². The van der Waals surface area contributed by atoms with Crippen molar-refractivity contribution in [2.75, 3.05) is 40.9 Å². The first-order chi connectivity index (χ1) is 8.97. The molecule has 0 aromatic rings. The van der Waals surface area contributed by atoms with E-state index < -0.39 is 18.0 Å². The number of urea groups is 1. The summed E-state index contributed by atoms with van der Waals surface area (Å²) < 4.78 is 4.85. The summed E-state index contributed by atoms with van der Waals surface area (Å²) in [6, 6.07) is -1.31. The molecule has 0 aliphatic rings. The van der Waals surface area contributed by atoms with Gasteiger partial charge in [0.15, 0.2) is 0 Å². The largest absolute Gasteiger partial charge is 0.480 e. The first-order valence-electron chi connectivity index (χ1n) is 6.38. The van der Waals surface area contributed by atoms with Crippen LogP contribution < -0.4 is 10.6 Å². The third-order valence-corrected chi connectivity index (χ3v) is 2.51. The number of nitrogens with zero attached hydrogens (tertiary/aromatic N) is 1. The number of hydrogen-bond donors (Lipinski definition) is 3. The predicted molar refractivity (Wildman–Crippen MR) is 72.2 cm³/mol. The Hall–Kier alpha value is -1.34. The van der Waals surface area contributed by atoms with Gasteiger partial charge in [0.1, 0.15) is 6.04 Å². The summed E-state index contributed by atoms with van der Waals surface area (Å²) in [6.07, 6.45) is 1.77. The molecule has 0 aromatic carbocycles. The van der Waals surface area contributed by atoms with Crippen LogP contribution in [0.25, 0.3) is 0 Å². The third-order valence-electron chi connectivity index (χ3n) is 2.51. The van der Waals surface area contributed by atoms with E-state index in [9.17, 15) is 9.59 Å². The molecule has 1 atom stereocenters. The van der Waals surface area contributed by atoms with E-state index in [1.54, 1.807) is 7.11 Å².